The van der Waals surface area contributed by atoms with Crippen LogP contribution in [0.25, 0.3) is 5.65 Å². The molecule has 1 aromatic carbocycles. The molecule has 25 heavy (non-hydrogen) atoms. The molecule has 0 amide bonds. The summed E-state index contributed by atoms with van der Waals surface area (Å²) in [4.78, 5) is 28.3. The van der Waals surface area contributed by atoms with Gasteiger partial charge in [0.2, 0.25) is 5.88 Å². The second kappa shape index (κ2) is 6.76. The topological polar surface area (TPSA) is 69.9 Å². The monoisotopic (exact) mass is 338 g/mol. The number of benzene rings is 1. The lowest BCUT2D eigenvalue weighted by molar-refractivity contribution is -0.136. The van der Waals surface area contributed by atoms with Gasteiger partial charge in [-0.05, 0) is 49.6 Å². The lowest BCUT2D eigenvalue weighted by Gasteiger charge is -2.10. The maximum atomic E-state index is 12.1. The number of rotatable bonds is 4. The zero-order valence-corrected chi connectivity index (χ0v) is 14.3. The number of aromatic nitrogens is 2. The first-order chi connectivity index (χ1) is 12.0. The highest BCUT2D eigenvalue weighted by atomic mass is 16.6. The van der Waals surface area contributed by atoms with Crippen molar-refractivity contribution in [1.82, 2.24) is 9.38 Å². The lowest BCUT2D eigenvalue weighted by Crippen LogP contribution is -2.21. The van der Waals surface area contributed by atoms with Crippen molar-refractivity contribution in [3.05, 3.63) is 69.6 Å². The van der Waals surface area contributed by atoms with Crippen LogP contribution in [0.3, 0.4) is 0 Å². The molecule has 3 rings (SSSR count). The largest absolute Gasteiger partial charge is 0.482 e. The zero-order chi connectivity index (χ0) is 18.0. The van der Waals surface area contributed by atoms with E-state index in [1.165, 1.54) is 10.5 Å². The van der Waals surface area contributed by atoms with E-state index in [1.54, 1.807) is 18.3 Å². The van der Waals surface area contributed by atoms with Gasteiger partial charge in [-0.25, -0.2) is 4.79 Å². The predicted octanol–water partition coefficient (Wildman–Crippen LogP) is 2.60. The number of esters is 1. The van der Waals surface area contributed by atoms with E-state index in [4.69, 9.17) is 9.47 Å². The molecule has 2 aromatic heterocycles. The van der Waals surface area contributed by atoms with Crippen LogP contribution in [-0.4, -0.2) is 22.0 Å². The van der Waals surface area contributed by atoms with Gasteiger partial charge in [0, 0.05) is 6.20 Å². The molecule has 0 spiro atoms. The van der Waals surface area contributed by atoms with E-state index >= 15 is 0 Å². The number of aryl methyl sites for hydroxylation is 2. The summed E-state index contributed by atoms with van der Waals surface area (Å²) in [7, 11) is 0. The first-order valence-electron chi connectivity index (χ1n) is 7.84. The summed E-state index contributed by atoms with van der Waals surface area (Å²) in [6.07, 6.45) is 1.62. The SMILES string of the molecule is Cc1cccc(OCC(=O)Oc2cc(=O)n3cccc(C)c3n2)c1C. The molecule has 0 aliphatic heterocycles. The van der Waals surface area contributed by atoms with E-state index in [2.05, 4.69) is 4.98 Å². The van der Waals surface area contributed by atoms with Crippen molar-refractivity contribution in [2.24, 2.45) is 0 Å². The lowest BCUT2D eigenvalue weighted by atomic mass is 10.1. The summed E-state index contributed by atoms with van der Waals surface area (Å²) in [6.45, 7) is 5.45. The van der Waals surface area contributed by atoms with Crippen molar-refractivity contribution in [2.45, 2.75) is 20.8 Å². The average molecular weight is 338 g/mol. The Bertz CT molecular complexity index is 1010. The predicted molar refractivity (Wildman–Crippen MR) is 93.2 cm³/mol. The van der Waals surface area contributed by atoms with E-state index in [1.807, 2.05) is 39.0 Å². The molecule has 3 aromatic rings. The Kier molecular flexibility index (Phi) is 4.52. The van der Waals surface area contributed by atoms with Crippen LogP contribution in [-0.2, 0) is 4.79 Å². The van der Waals surface area contributed by atoms with Gasteiger partial charge in [0.05, 0.1) is 6.07 Å². The van der Waals surface area contributed by atoms with Crippen LogP contribution >= 0.6 is 0 Å². The van der Waals surface area contributed by atoms with Crippen molar-refractivity contribution in [1.29, 1.82) is 0 Å². The number of nitrogens with zero attached hydrogens (tertiary/aromatic N) is 2. The van der Waals surface area contributed by atoms with Crippen molar-refractivity contribution in [2.75, 3.05) is 6.61 Å². The minimum atomic E-state index is -0.620. The molecular weight excluding hydrogens is 320 g/mol. The van der Waals surface area contributed by atoms with E-state index in [9.17, 15) is 9.59 Å². The van der Waals surface area contributed by atoms with Crippen molar-refractivity contribution in [3.63, 3.8) is 0 Å². The van der Waals surface area contributed by atoms with Crippen LogP contribution in [0.2, 0.25) is 0 Å². The fraction of sp³-hybridized carbons (Fsp3) is 0.211. The van der Waals surface area contributed by atoms with Crippen molar-refractivity contribution < 1.29 is 14.3 Å². The molecular formula is C19H18N2O4. The van der Waals surface area contributed by atoms with E-state index in [-0.39, 0.29) is 18.0 Å². The summed E-state index contributed by atoms with van der Waals surface area (Å²) in [5.74, 6) is -0.0288. The van der Waals surface area contributed by atoms with Crippen LogP contribution in [0.1, 0.15) is 16.7 Å². The summed E-state index contributed by atoms with van der Waals surface area (Å²) in [5.41, 5.74) is 2.99. The summed E-state index contributed by atoms with van der Waals surface area (Å²) >= 11 is 0. The standard InChI is InChI=1S/C19H18N2O4/c1-12-6-4-8-15(14(12)3)24-11-18(23)25-16-10-17(22)21-9-5-7-13(2)19(21)20-16/h4-10H,11H2,1-3H3. The maximum absolute atomic E-state index is 12.1. The van der Waals surface area contributed by atoms with Gasteiger partial charge in [-0.2, -0.15) is 4.98 Å². The molecule has 0 aliphatic rings. The highest BCUT2D eigenvalue weighted by Gasteiger charge is 2.11. The van der Waals surface area contributed by atoms with E-state index in [0.29, 0.717) is 11.4 Å². The van der Waals surface area contributed by atoms with E-state index in [0.717, 1.165) is 16.7 Å². The van der Waals surface area contributed by atoms with Crippen LogP contribution in [0.4, 0.5) is 0 Å². The van der Waals surface area contributed by atoms with Gasteiger partial charge in [0.15, 0.2) is 6.61 Å². The molecule has 0 radical (unpaired) electrons. The second-order valence-electron chi connectivity index (χ2n) is 5.78. The Balaban J connectivity index is 1.75. The number of pyridine rings is 1. The molecule has 0 N–H and O–H groups in total. The zero-order valence-electron chi connectivity index (χ0n) is 14.3. The summed E-state index contributed by atoms with van der Waals surface area (Å²) < 4.78 is 12.1. The third-order valence-electron chi connectivity index (χ3n) is 3.98. The second-order valence-corrected chi connectivity index (χ2v) is 5.78. The number of hydrogen-bond donors (Lipinski definition) is 0. The van der Waals surface area contributed by atoms with Gasteiger partial charge in [0.25, 0.3) is 5.56 Å². The fourth-order valence-corrected chi connectivity index (χ4v) is 2.46. The first-order valence-corrected chi connectivity index (χ1v) is 7.84. The number of fused-ring (bicyclic) bond motifs is 1. The minimum absolute atomic E-state index is 0.0335. The Morgan fingerprint density at radius 1 is 1.12 bits per heavy atom. The third kappa shape index (κ3) is 3.52. The summed E-state index contributed by atoms with van der Waals surface area (Å²) in [5, 5.41) is 0. The van der Waals surface area contributed by atoms with Gasteiger partial charge in [-0.15, -0.1) is 0 Å². The average Bonchev–Trinajstić information content (AvgIpc) is 2.57. The quantitative estimate of drug-likeness (QED) is 0.684. The highest BCUT2D eigenvalue weighted by Crippen LogP contribution is 2.20. The van der Waals surface area contributed by atoms with Crippen LogP contribution < -0.4 is 15.0 Å². The smallest absolute Gasteiger partial charge is 0.350 e. The molecule has 0 fully saturated rings. The number of carbonyl (C=O) groups is 1. The van der Waals surface area contributed by atoms with Crippen molar-refractivity contribution >= 4 is 11.6 Å². The molecule has 0 unspecified atom stereocenters. The van der Waals surface area contributed by atoms with Gasteiger partial charge in [-0.3, -0.25) is 9.20 Å². The van der Waals surface area contributed by atoms with Gasteiger partial charge in [0.1, 0.15) is 11.4 Å². The first kappa shape index (κ1) is 16.7. The number of hydrogen-bond acceptors (Lipinski definition) is 5. The van der Waals surface area contributed by atoms with E-state index < -0.39 is 5.97 Å². The Morgan fingerprint density at radius 3 is 2.68 bits per heavy atom. The maximum Gasteiger partial charge on any atom is 0.350 e. The molecule has 128 valence electrons. The Morgan fingerprint density at radius 2 is 1.88 bits per heavy atom. The molecule has 0 bridgehead atoms. The molecule has 6 heteroatoms. The fourth-order valence-electron chi connectivity index (χ4n) is 2.46. The minimum Gasteiger partial charge on any atom is -0.482 e. The molecule has 0 saturated heterocycles. The molecule has 0 aliphatic carbocycles. The Labute approximate surface area is 144 Å². The van der Waals surface area contributed by atoms with Gasteiger partial charge in [-0.1, -0.05) is 18.2 Å². The highest BCUT2D eigenvalue weighted by molar-refractivity contribution is 5.73. The van der Waals surface area contributed by atoms with Crippen LogP contribution in [0.15, 0.2) is 47.4 Å². The summed E-state index contributed by atoms with van der Waals surface area (Å²) in [6, 6.07) is 10.4. The van der Waals surface area contributed by atoms with Gasteiger partial charge < -0.3 is 9.47 Å². The molecule has 2 heterocycles. The van der Waals surface area contributed by atoms with Crippen LogP contribution in [0.5, 0.6) is 11.6 Å². The van der Waals surface area contributed by atoms with Crippen LogP contribution in [0, 0.1) is 20.8 Å². The van der Waals surface area contributed by atoms with Crippen molar-refractivity contribution in [3.8, 4) is 11.6 Å². The Hall–Kier alpha value is -3.15. The normalized spacial score (nSPS) is 10.7. The number of carbonyl (C=O) groups excluding carboxylic acids is 1. The number of ether oxygens (including phenoxy) is 2. The molecule has 0 atom stereocenters. The molecule has 6 nitrogen and oxygen atoms in total. The third-order valence-corrected chi connectivity index (χ3v) is 3.98. The molecule has 0 saturated carbocycles. The van der Waals surface area contributed by atoms with Gasteiger partial charge >= 0.3 is 5.97 Å².